The summed E-state index contributed by atoms with van der Waals surface area (Å²) in [5.41, 5.74) is 2.07. The lowest BCUT2D eigenvalue weighted by Gasteiger charge is -2.16. The van der Waals surface area contributed by atoms with E-state index >= 15 is 0 Å². The number of anilines is 1. The molecule has 0 saturated carbocycles. The molecule has 0 unspecified atom stereocenters. The number of nitrogens with zero attached hydrogens (tertiary/aromatic N) is 2. The van der Waals surface area contributed by atoms with E-state index in [1.807, 2.05) is 6.07 Å². The van der Waals surface area contributed by atoms with E-state index in [2.05, 4.69) is 15.6 Å². The van der Waals surface area contributed by atoms with Crippen LogP contribution in [0, 0.1) is 23.0 Å². The summed E-state index contributed by atoms with van der Waals surface area (Å²) in [4.78, 5) is 29.1. The lowest BCUT2D eigenvalue weighted by atomic mass is 10.0. The van der Waals surface area contributed by atoms with Crippen molar-refractivity contribution < 1.29 is 23.1 Å². The predicted octanol–water partition coefficient (Wildman–Crippen LogP) is 5.05. The Morgan fingerprint density at radius 1 is 1.18 bits per heavy atom. The number of nitrogens with one attached hydrogen (secondary N) is 2. The molecule has 0 bridgehead atoms. The third-order valence-corrected chi connectivity index (χ3v) is 5.64. The highest BCUT2D eigenvalue weighted by atomic mass is 35.5. The van der Waals surface area contributed by atoms with Crippen LogP contribution in [0.25, 0.3) is 0 Å². The van der Waals surface area contributed by atoms with E-state index in [4.69, 9.17) is 21.6 Å². The molecule has 1 aliphatic rings. The summed E-state index contributed by atoms with van der Waals surface area (Å²) in [7, 11) is 0. The van der Waals surface area contributed by atoms with Crippen molar-refractivity contribution >= 4 is 29.3 Å². The number of hydrogen-bond donors (Lipinski definition) is 2. The van der Waals surface area contributed by atoms with Gasteiger partial charge in [0.1, 0.15) is 24.3 Å². The molecular weight excluding hydrogens is 466 g/mol. The quantitative estimate of drug-likeness (QED) is 0.529. The molecule has 1 aromatic heterocycles. The number of benzene rings is 2. The normalized spacial score (nSPS) is 14.1. The third-order valence-electron chi connectivity index (χ3n) is 5.35. The van der Waals surface area contributed by atoms with Crippen LogP contribution < -0.4 is 10.6 Å². The summed E-state index contributed by atoms with van der Waals surface area (Å²) in [5.74, 6) is -1.67. The van der Waals surface area contributed by atoms with Crippen LogP contribution in [0.5, 0.6) is 0 Å². The Balaban J connectivity index is 1.44. The number of nitriles is 1. The maximum atomic E-state index is 14.7. The second kappa shape index (κ2) is 9.85. The summed E-state index contributed by atoms with van der Waals surface area (Å²) >= 11 is 5.76. The Hall–Kier alpha value is -4.03. The molecule has 0 saturated heterocycles. The molecule has 4 rings (SSSR count). The van der Waals surface area contributed by atoms with Crippen LogP contribution in [0.15, 0.2) is 48.7 Å². The third kappa shape index (κ3) is 4.97. The number of carbonyl (C=O) groups excluding carboxylic acids is 2. The van der Waals surface area contributed by atoms with Crippen LogP contribution in [-0.2, 0) is 17.8 Å². The van der Waals surface area contributed by atoms with Gasteiger partial charge in [-0.05, 0) is 60.9 Å². The Morgan fingerprint density at radius 2 is 1.97 bits per heavy atom. The fraction of sp³-hybridized carbons (Fsp3) is 0.167. The number of fused-ring (bicyclic) bond motifs is 1. The van der Waals surface area contributed by atoms with Crippen LogP contribution in [-0.4, -0.2) is 17.0 Å². The molecule has 2 N–H and O–H groups in total. The highest BCUT2D eigenvalue weighted by Gasteiger charge is 2.31. The summed E-state index contributed by atoms with van der Waals surface area (Å²) < 4.78 is 33.2. The van der Waals surface area contributed by atoms with Gasteiger partial charge < -0.3 is 15.4 Å². The lowest BCUT2D eigenvalue weighted by Crippen LogP contribution is -2.28. The number of rotatable bonds is 5. The van der Waals surface area contributed by atoms with Gasteiger partial charge in [0.2, 0.25) is 0 Å². The maximum absolute atomic E-state index is 14.7. The highest BCUT2D eigenvalue weighted by Crippen LogP contribution is 2.36. The van der Waals surface area contributed by atoms with E-state index in [0.717, 1.165) is 12.1 Å². The van der Waals surface area contributed by atoms with Crippen molar-refractivity contribution in [3.8, 4) is 6.07 Å². The van der Waals surface area contributed by atoms with Crippen molar-refractivity contribution in [3.05, 3.63) is 93.3 Å². The largest absolute Gasteiger partial charge is 0.443 e. The molecule has 0 fully saturated rings. The molecule has 1 atom stereocenters. The van der Waals surface area contributed by atoms with Gasteiger partial charge in [0.25, 0.3) is 5.91 Å². The number of pyridine rings is 1. The second-order valence-electron chi connectivity index (χ2n) is 7.53. The number of alkyl carbamates (subject to hydrolysis) is 1. The first-order valence-electron chi connectivity index (χ1n) is 10.2. The average Bonchev–Trinajstić information content (AvgIpc) is 3.25. The van der Waals surface area contributed by atoms with Gasteiger partial charge in [-0.1, -0.05) is 11.6 Å². The zero-order valence-corrected chi connectivity index (χ0v) is 18.3. The van der Waals surface area contributed by atoms with Gasteiger partial charge in [0, 0.05) is 23.0 Å². The van der Waals surface area contributed by atoms with Crippen LogP contribution in [0.3, 0.4) is 0 Å². The van der Waals surface area contributed by atoms with E-state index in [1.165, 1.54) is 24.4 Å². The minimum Gasteiger partial charge on any atom is -0.443 e. The lowest BCUT2D eigenvalue weighted by molar-refractivity contribution is 0.102. The van der Waals surface area contributed by atoms with Crippen molar-refractivity contribution in [2.24, 2.45) is 0 Å². The molecular formula is C24H17ClF2N4O3. The number of amides is 2. The number of aromatic nitrogens is 1. The van der Waals surface area contributed by atoms with E-state index in [-0.39, 0.29) is 22.8 Å². The second-order valence-corrected chi connectivity index (χ2v) is 7.94. The molecule has 0 radical (unpaired) electrons. The summed E-state index contributed by atoms with van der Waals surface area (Å²) in [6, 6.07) is 10.7. The Kier molecular flexibility index (Phi) is 6.70. The predicted molar refractivity (Wildman–Crippen MR) is 119 cm³/mol. The van der Waals surface area contributed by atoms with Gasteiger partial charge in [0.15, 0.2) is 0 Å². The summed E-state index contributed by atoms with van der Waals surface area (Å²) in [6.07, 6.45) is 1.34. The SMILES string of the molecule is N#Cc1ccc(COC(=O)N[C@H]2CCc3c(C(=O)Nc4ccc(F)c(Cl)c4)ccc(F)c32)nc1. The molecule has 34 heavy (non-hydrogen) atoms. The van der Waals surface area contributed by atoms with Gasteiger partial charge in [0.05, 0.1) is 22.3 Å². The number of hydrogen-bond acceptors (Lipinski definition) is 5. The van der Waals surface area contributed by atoms with Gasteiger partial charge in [-0.15, -0.1) is 0 Å². The molecule has 172 valence electrons. The monoisotopic (exact) mass is 482 g/mol. The first kappa shape index (κ1) is 23.1. The molecule has 3 aromatic rings. The Bertz CT molecular complexity index is 1310. The van der Waals surface area contributed by atoms with E-state index < -0.39 is 29.7 Å². The zero-order valence-electron chi connectivity index (χ0n) is 17.6. The van der Waals surface area contributed by atoms with E-state index in [1.54, 1.807) is 12.1 Å². The van der Waals surface area contributed by atoms with Crippen molar-refractivity contribution in [2.45, 2.75) is 25.5 Å². The molecule has 10 heteroatoms. The summed E-state index contributed by atoms with van der Waals surface area (Å²) in [6.45, 7) is -0.123. The van der Waals surface area contributed by atoms with Gasteiger partial charge in [-0.2, -0.15) is 5.26 Å². The molecule has 0 aliphatic heterocycles. The number of halogens is 3. The van der Waals surface area contributed by atoms with Crippen molar-refractivity contribution in [3.63, 3.8) is 0 Å². The Morgan fingerprint density at radius 3 is 2.68 bits per heavy atom. The molecule has 2 aromatic carbocycles. The van der Waals surface area contributed by atoms with Crippen molar-refractivity contribution in [1.82, 2.24) is 10.3 Å². The first-order valence-corrected chi connectivity index (χ1v) is 10.6. The average molecular weight is 483 g/mol. The molecule has 1 aliphatic carbocycles. The standard InChI is InChI=1S/C24H17ClF2N4O3/c25-18-9-14(3-6-19(18)26)30-23(32)17-4-7-20(27)22-16(17)5-8-21(22)31-24(33)34-12-15-2-1-13(10-28)11-29-15/h1-4,6-7,9,11,21H,5,8,12H2,(H,30,32)(H,31,33)/t21-/m0/s1. The first-order chi connectivity index (χ1) is 16.4. The van der Waals surface area contributed by atoms with Crippen molar-refractivity contribution in [2.75, 3.05) is 5.32 Å². The van der Waals surface area contributed by atoms with Gasteiger partial charge >= 0.3 is 6.09 Å². The fourth-order valence-corrected chi connectivity index (χ4v) is 3.92. The molecule has 0 spiro atoms. The molecule has 2 amide bonds. The van der Waals surface area contributed by atoms with Crippen LogP contribution in [0.2, 0.25) is 5.02 Å². The van der Waals surface area contributed by atoms with Gasteiger partial charge in [-0.25, -0.2) is 13.6 Å². The topological polar surface area (TPSA) is 104 Å². The fourth-order valence-electron chi connectivity index (χ4n) is 3.74. The zero-order chi connectivity index (χ0) is 24.2. The Labute approximate surface area is 198 Å². The van der Waals surface area contributed by atoms with Crippen LogP contribution in [0.1, 0.15) is 45.2 Å². The van der Waals surface area contributed by atoms with E-state index in [0.29, 0.717) is 35.3 Å². The van der Waals surface area contributed by atoms with Crippen LogP contribution in [0.4, 0.5) is 19.3 Å². The molecule has 7 nitrogen and oxygen atoms in total. The highest BCUT2D eigenvalue weighted by molar-refractivity contribution is 6.31. The van der Waals surface area contributed by atoms with Crippen molar-refractivity contribution in [1.29, 1.82) is 5.26 Å². The smallest absolute Gasteiger partial charge is 0.408 e. The minimum absolute atomic E-state index is 0.123. The summed E-state index contributed by atoms with van der Waals surface area (Å²) in [5, 5.41) is 13.9. The minimum atomic E-state index is -0.765. The number of ether oxygens (including phenoxy) is 1. The number of carbonyl (C=O) groups is 2. The van der Waals surface area contributed by atoms with Crippen LogP contribution >= 0.6 is 11.6 Å². The van der Waals surface area contributed by atoms with Gasteiger partial charge in [-0.3, -0.25) is 9.78 Å². The molecule has 1 heterocycles. The van der Waals surface area contributed by atoms with E-state index in [9.17, 15) is 18.4 Å². The maximum Gasteiger partial charge on any atom is 0.408 e.